The van der Waals surface area contributed by atoms with Crippen LogP contribution in [0.5, 0.6) is 5.75 Å². The second-order valence-corrected chi connectivity index (χ2v) is 8.58. The molecule has 0 heterocycles. The molecule has 3 nitrogen and oxygen atoms in total. The molecule has 0 aliphatic heterocycles. The summed E-state index contributed by atoms with van der Waals surface area (Å²) in [5.74, 6) is 0.633. The highest BCUT2D eigenvalue weighted by atomic mass is 19.1. The summed E-state index contributed by atoms with van der Waals surface area (Å²) < 4.78 is 25.2. The number of ether oxygens (including phenoxy) is 2. The Bertz CT molecular complexity index is 792. The fraction of sp³-hybridized carbons (Fsp3) is 0.519. The van der Waals surface area contributed by atoms with Gasteiger partial charge in [0.15, 0.2) is 6.17 Å². The van der Waals surface area contributed by atoms with Gasteiger partial charge in [0.25, 0.3) is 0 Å². The molecule has 0 unspecified atom stereocenters. The predicted octanol–water partition coefficient (Wildman–Crippen LogP) is 6.93. The molecule has 1 aliphatic carbocycles. The quantitative estimate of drug-likeness (QED) is 0.387. The fourth-order valence-corrected chi connectivity index (χ4v) is 4.05. The van der Waals surface area contributed by atoms with E-state index < -0.39 is 12.1 Å². The zero-order valence-corrected chi connectivity index (χ0v) is 18.8. The molecule has 0 spiro atoms. The third-order valence-corrected chi connectivity index (χ3v) is 6.18. The number of esters is 1. The molecule has 0 aromatic heterocycles. The molecule has 1 saturated carbocycles. The first-order valence-corrected chi connectivity index (χ1v) is 11.8. The van der Waals surface area contributed by atoms with Gasteiger partial charge in [0.05, 0.1) is 6.61 Å². The zero-order valence-electron chi connectivity index (χ0n) is 18.8. The van der Waals surface area contributed by atoms with Gasteiger partial charge in [-0.25, -0.2) is 9.18 Å². The van der Waals surface area contributed by atoms with Crippen LogP contribution in [0.3, 0.4) is 0 Å². The summed E-state index contributed by atoms with van der Waals surface area (Å²) in [5.41, 5.74) is 3.73. The van der Waals surface area contributed by atoms with Crippen molar-refractivity contribution in [1.82, 2.24) is 0 Å². The maximum absolute atomic E-state index is 13.8. The van der Waals surface area contributed by atoms with Crippen LogP contribution in [0.1, 0.15) is 64.4 Å². The van der Waals surface area contributed by atoms with E-state index >= 15 is 0 Å². The van der Waals surface area contributed by atoms with Crippen LogP contribution in [0.4, 0.5) is 4.39 Å². The maximum Gasteiger partial charge on any atom is 0.340 e. The highest BCUT2D eigenvalue weighted by Crippen LogP contribution is 2.28. The number of benzene rings is 2. The molecule has 2 aromatic carbocycles. The van der Waals surface area contributed by atoms with Gasteiger partial charge in [-0.3, -0.25) is 0 Å². The van der Waals surface area contributed by atoms with Crippen molar-refractivity contribution in [3.8, 4) is 16.9 Å². The van der Waals surface area contributed by atoms with Crippen LogP contribution in [0, 0.1) is 5.92 Å². The van der Waals surface area contributed by atoms with Crippen molar-refractivity contribution in [2.45, 2.75) is 77.5 Å². The molecule has 3 rings (SSSR count). The lowest BCUT2D eigenvalue weighted by Gasteiger charge is -2.28. The van der Waals surface area contributed by atoms with Gasteiger partial charge in [0, 0.05) is 0 Å². The van der Waals surface area contributed by atoms with Gasteiger partial charge in [-0.2, -0.15) is 0 Å². The lowest BCUT2D eigenvalue weighted by Crippen LogP contribution is -2.30. The maximum atomic E-state index is 13.8. The van der Waals surface area contributed by atoms with Gasteiger partial charge in [-0.15, -0.1) is 0 Å². The van der Waals surface area contributed by atoms with Crippen LogP contribution >= 0.6 is 0 Å². The minimum atomic E-state index is -1.48. The average Bonchev–Trinajstić information content (AvgIpc) is 2.82. The highest BCUT2D eigenvalue weighted by molar-refractivity contribution is 5.74. The molecule has 0 amide bonds. The lowest BCUT2D eigenvalue weighted by molar-refractivity contribution is -0.157. The van der Waals surface area contributed by atoms with Gasteiger partial charge < -0.3 is 9.47 Å². The summed E-state index contributed by atoms with van der Waals surface area (Å²) in [7, 11) is 0. The topological polar surface area (TPSA) is 35.5 Å². The van der Waals surface area contributed by atoms with Crippen molar-refractivity contribution in [2.75, 3.05) is 6.61 Å². The summed E-state index contributed by atoms with van der Waals surface area (Å²) in [6, 6.07) is 16.9. The van der Waals surface area contributed by atoms with Crippen molar-refractivity contribution in [1.29, 1.82) is 0 Å². The fourth-order valence-electron chi connectivity index (χ4n) is 4.05. The normalized spacial score (nSPS) is 19.6. The van der Waals surface area contributed by atoms with Crippen LogP contribution in [-0.4, -0.2) is 24.9 Å². The summed E-state index contributed by atoms with van der Waals surface area (Å²) in [6.07, 6.45) is 4.72. The van der Waals surface area contributed by atoms with Crippen molar-refractivity contribution < 1.29 is 18.7 Å². The third kappa shape index (κ3) is 7.09. The Morgan fingerprint density at radius 3 is 2.16 bits per heavy atom. The number of rotatable bonds is 10. The molecule has 1 aliphatic rings. The Hall–Kier alpha value is -2.36. The minimum absolute atomic E-state index is 0.151. The van der Waals surface area contributed by atoms with Gasteiger partial charge in [0.1, 0.15) is 11.9 Å². The Kier molecular flexibility index (Phi) is 8.93. The van der Waals surface area contributed by atoms with Crippen LogP contribution < -0.4 is 4.74 Å². The predicted molar refractivity (Wildman–Crippen MR) is 123 cm³/mol. The van der Waals surface area contributed by atoms with Crippen LogP contribution in [0.15, 0.2) is 48.5 Å². The van der Waals surface area contributed by atoms with E-state index in [1.54, 1.807) is 0 Å². The van der Waals surface area contributed by atoms with Crippen molar-refractivity contribution in [3.05, 3.63) is 54.1 Å². The first-order chi connectivity index (χ1) is 15.1. The monoisotopic (exact) mass is 426 g/mol. The number of hydrogen-bond acceptors (Lipinski definition) is 3. The number of carbonyl (C=O) groups is 1. The molecule has 1 fully saturated rings. The van der Waals surface area contributed by atoms with E-state index in [0.29, 0.717) is 18.9 Å². The number of carbonyl (C=O) groups excluding carboxylic acids is 1. The summed E-state index contributed by atoms with van der Waals surface area (Å²) in [5, 5.41) is 0. The largest absolute Gasteiger partial charge is 0.493 e. The van der Waals surface area contributed by atoms with E-state index in [1.807, 2.05) is 19.1 Å². The molecule has 168 valence electrons. The molecule has 0 bridgehead atoms. The first kappa shape index (κ1) is 23.3. The Balaban J connectivity index is 1.39. The van der Waals surface area contributed by atoms with Gasteiger partial charge in [0.2, 0.25) is 0 Å². The van der Waals surface area contributed by atoms with Crippen molar-refractivity contribution in [2.24, 2.45) is 5.92 Å². The van der Waals surface area contributed by atoms with E-state index in [9.17, 15) is 9.18 Å². The molecule has 1 atom stereocenters. The summed E-state index contributed by atoms with van der Waals surface area (Å²) in [4.78, 5) is 11.8. The van der Waals surface area contributed by atoms with E-state index in [4.69, 9.17) is 9.47 Å². The van der Waals surface area contributed by atoms with E-state index in [1.165, 1.54) is 16.7 Å². The number of hydrogen-bond donors (Lipinski definition) is 0. The number of unbranched alkanes of at least 4 members (excludes halogenated alkanes) is 1. The molecule has 2 aromatic rings. The lowest BCUT2D eigenvalue weighted by atomic mass is 9.88. The second-order valence-electron chi connectivity index (χ2n) is 8.58. The summed E-state index contributed by atoms with van der Waals surface area (Å²) in [6.45, 7) is 4.81. The van der Waals surface area contributed by atoms with Crippen LogP contribution in [-0.2, 0) is 16.0 Å². The van der Waals surface area contributed by atoms with E-state index in [0.717, 1.165) is 44.3 Å². The second kappa shape index (κ2) is 11.9. The Morgan fingerprint density at radius 1 is 0.968 bits per heavy atom. The summed E-state index contributed by atoms with van der Waals surface area (Å²) >= 11 is 0. The van der Waals surface area contributed by atoms with Gasteiger partial charge >= 0.3 is 5.97 Å². The molecule has 4 heteroatoms. The van der Waals surface area contributed by atoms with Crippen molar-refractivity contribution in [3.63, 3.8) is 0 Å². The minimum Gasteiger partial charge on any atom is -0.493 e. The van der Waals surface area contributed by atoms with E-state index in [-0.39, 0.29) is 12.5 Å². The first-order valence-electron chi connectivity index (χ1n) is 11.8. The SMILES string of the molecule is CCCC[C@H](F)C(=O)OC1CCC(COc2ccc(-c3ccc(CC)cc3)cc2)CC1. The van der Waals surface area contributed by atoms with E-state index in [2.05, 4.69) is 43.3 Å². The smallest absolute Gasteiger partial charge is 0.340 e. The molecule has 31 heavy (non-hydrogen) atoms. The number of alkyl halides is 1. The Morgan fingerprint density at radius 2 is 1.58 bits per heavy atom. The molecule has 0 N–H and O–H groups in total. The molecular formula is C27H35FO3. The van der Waals surface area contributed by atoms with Gasteiger partial charge in [-0.05, 0) is 73.3 Å². The Labute approximate surface area is 186 Å². The number of aryl methyl sites for hydroxylation is 1. The van der Waals surface area contributed by atoms with Crippen LogP contribution in [0.2, 0.25) is 0 Å². The molecular weight excluding hydrogens is 391 g/mol. The van der Waals surface area contributed by atoms with Crippen LogP contribution in [0.25, 0.3) is 11.1 Å². The number of halogens is 1. The zero-order chi connectivity index (χ0) is 22.1. The average molecular weight is 427 g/mol. The highest BCUT2D eigenvalue weighted by Gasteiger charge is 2.27. The van der Waals surface area contributed by atoms with Crippen molar-refractivity contribution >= 4 is 5.97 Å². The third-order valence-electron chi connectivity index (χ3n) is 6.18. The molecule has 0 radical (unpaired) electrons. The standard InChI is InChI=1S/C27H35FO3/c1-3-5-6-26(28)27(29)31-25-15-9-21(10-16-25)19-30-24-17-13-23(14-18-24)22-11-7-20(4-2)8-12-22/h7-8,11-14,17-18,21,25-26H,3-6,9-10,15-16,19H2,1-2H3/t21?,25?,26-/m0/s1. The van der Waals surface area contributed by atoms with Gasteiger partial charge in [-0.1, -0.05) is 63.1 Å². The molecule has 0 saturated heterocycles.